The van der Waals surface area contributed by atoms with Crippen molar-refractivity contribution in [2.75, 3.05) is 23.7 Å². The van der Waals surface area contributed by atoms with Crippen LogP contribution in [0.25, 0.3) is 10.9 Å². The van der Waals surface area contributed by atoms with Gasteiger partial charge in [0.2, 0.25) is 0 Å². The molecular formula is C28H29N5O2. The molecule has 2 bridgehead atoms. The quantitative estimate of drug-likeness (QED) is 0.461. The molecule has 178 valence electrons. The van der Waals surface area contributed by atoms with Gasteiger partial charge < -0.3 is 19.8 Å². The molecule has 1 saturated heterocycles. The fourth-order valence-electron chi connectivity index (χ4n) is 5.87. The Morgan fingerprint density at radius 1 is 0.943 bits per heavy atom. The Hall–Kier alpha value is -3.84. The average Bonchev–Trinajstić information content (AvgIpc) is 3.17. The number of aromatic nitrogens is 2. The highest BCUT2D eigenvalue weighted by molar-refractivity contribution is 5.99. The number of amides is 2. The summed E-state index contributed by atoms with van der Waals surface area (Å²) in [6, 6.07) is 21.1. The number of aryl methyl sites for hydroxylation is 1. The highest BCUT2D eigenvalue weighted by Crippen LogP contribution is 2.36. The molecule has 35 heavy (non-hydrogen) atoms. The van der Waals surface area contributed by atoms with Crippen molar-refractivity contribution in [1.82, 2.24) is 14.0 Å². The molecule has 7 nitrogen and oxygen atoms in total. The molecule has 6 rings (SSSR count). The maximum Gasteiger partial charge on any atom is 0.323 e. The standard InChI is InChI=1S/C28H29N5O2/c1-31-16-21(23-9-5-6-10-26(23)31)18-32-14-19-13-20(17-32)25-12-11-24(27(34)33(25)15-19)30-28(35)29-22-7-3-2-4-8-22/h2-12,16,19-20H,13-15,17-18H2,1H3,(H2,29,30,35). The molecule has 2 unspecified atom stereocenters. The van der Waals surface area contributed by atoms with E-state index in [0.29, 0.717) is 29.8 Å². The molecule has 2 aliphatic rings. The van der Waals surface area contributed by atoms with Gasteiger partial charge in [0, 0.05) is 67.6 Å². The first kappa shape index (κ1) is 21.7. The van der Waals surface area contributed by atoms with Crippen molar-refractivity contribution in [1.29, 1.82) is 0 Å². The lowest BCUT2D eigenvalue weighted by atomic mass is 9.83. The number of piperidine rings is 1. The predicted octanol–water partition coefficient (Wildman–Crippen LogP) is 4.60. The van der Waals surface area contributed by atoms with E-state index >= 15 is 0 Å². The number of nitrogens with zero attached hydrogens (tertiary/aromatic N) is 3. The van der Waals surface area contributed by atoms with Crippen LogP contribution in [-0.2, 0) is 20.1 Å². The van der Waals surface area contributed by atoms with Crippen LogP contribution in [-0.4, -0.2) is 33.2 Å². The number of anilines is 2. The van der Waals surface area contributed by atoms with Gasteiger partial charge in [-0.2, -0.15) is 0 Å². The van der Waals surface area contributed by atoms with E-state index in [0.717, 1.165) is 31.7 Å². The summed E-state index contributed by atoms with van der Waals surface area (Å²) in [7, 11) is 2.10. The Balaban J connectivity index is 1.19. The van der Waals surface area contributed by atoms with Gasteiger partial charge in [0.05, 0.1) is 0 Å². The minimum atomic E-state index is -0.411. The van der Waals surface area contributed by atoms with Crippen LogP contribution in [0.15, 0.2) is 77.7 Å². The van der Waals surface area contributed by atoms with Crippen molar-refractivity contribution >= 4 is 28.3 Å². The monoisotopic (exact) mass is 467 g/mol. The zero-order chi connectivity index (χ0) is 23.9. The maximum atomic E-state index is 13.3. The third-order valence-corrected chi connectivity index (χ3v) is 7.33. The van der Waals surface area contributed by atoms with Crippen LogP contribution in [0.2, 0.25) is 0 Å². The smallest absolute Gasteiger partial charge is 0.323 e. The number of fused-ring (bicyclic) bond motifs is 5. The number of para-hydroxylation sites is 2. The Bertz CT molecular complexity index is 1460. The van der Waals surface area contributed by atoms with Crippen LogP contribution < -0.4 is 16.2 Å². The predicted molar refractivity (Wildman–Crippen MR) is 139 cm³/mol. The van der Waals surface area contributed by atoms with E-state index in [1.807, 2.05) is 41.0 Å². The zero-order valence-electron chi connectivity index (χ0n) is 19.8. The highest BCUT2D eigenvalue weighted by atomic mass is 16.2. The number of likely N-dealkylation sites (tertiary alicyclic amines) is 1. The molecule has 7 heteroatoms. The van der Waals surface area contributed by atoms with Crippen LogP contribution in [0.1, 0.15) is 23.6 Å². The van der Waals surface area contributed by atoms with E-state index in [1.165, 1.54) is 16.5 Å². The van der Waals surface area contributed by atoms with Crippen molar-refractivity contribution in [3.05, 3.63) is 94.5 Å². The molecule has 2 amide bonds. The first-order valence-corrected chi connectivity index (χ1v) is 12.2. The first-order chi connectivity index (χ1) is 17.0. The molecule has 2 aliphatic heterocycles. The van der Waals surface area contributed by atoms with Gasteiger partial charge in [-0.25, -0.2) is 4.79 Å². The van der Waals surface area contributed by atoms with Gasteiger partial charge in [-0.15, -0.1) is 0 Å². The minimum absolute atomic E-state index is 0.122. The van der Waals surface area contributed by atoms with E-state index < -0.39 is 6.03 Å². The van der Waals surface area contributed by atoms with Gasteiger partial charge >= 0.3 is 6.03 Å². The van der Waals surface area contributed by atoms with E-state index in [1.54, 1.807) is 6.07 Å². The average molecular weight is 468 g/mol. The molecular weight excluding hydrogens is 438 g/mol. The van der Waals surface area contributed by atoms with E-state index in [9.17, 15) is 9.59 Å². The fraction of sp³-hybridized carbons (Fsp3) is 0.286. The molecule has 4 aromatic rings. The third-order valence-electron chi connectivity index (χ3n) is 7.33. The van der Waals surface area contributed by atoms with Gasteiger partial charge in [0.15, 0.2) is 0 Å². The van der Waals surface area contributed by atoms with E-state index in [-0.39, 0.29) is 5.56 Å². The zero-order valence-corrected chi connectivity index (χ0v) is 19.8. The van der Waals surface area contributed by atoms with Gasteiger partial charge in [0.25, 0.3) is 5.56 Å². The number of carbonyl (C=O) groups is 1. The Kier molecular flexibility index (Phi) is 5.41. The van der Waals surface area contributed by atoms with Gasteiger partial charge in [-0.05, 0) is 48.2 Å². The van der Waals surface area contributed by atoms with Gasteiger partial charge in [-0.1, -0.05) is 36.4 Å². The summed E-state index contributed by atoms with van der Waals surface area (Å²) in [5.41, 5.74) is 4.56. The van der Waals surface area contributed by atoms with Crippen molar-refractivity contribution in [2.45, 2.75) is 25.4 Å². The van der Waals surface area contributed by atoms with Crippen molar-refractivity contribution < 1.29 is 4.79 Å². The number of benzene rings is 2. The molecule has 0 radical (unpaired) electrons. The van der Waals surface area contributed by atoms with Gasteiger partial charge in [0.1, 0.15) is 5.69 Å². The van der Waals surface area contributed by atoms with E-state index in [2.05, 4.69) is 57.6 Å². The number of pyridine rings is 1. The molecule has 0 saturated carbocycles. The molecule has 0 spiro atoms. The lowest BCUT2D eigenvalue weighted by Gasteiger charge is -2.43. The van der Waals surface area contributed by atoms with Crippen LogP contribution in [0.3, 0.4) is 0 Å². The minimum Gasteiger partial charge on any atom is -0.350 e. The van der Waals surface area contributed by atoms with Gasteiger partial charge in [-0.3, -0.25) is 9.69 Å². The largest absolute Gasteiger partial charge is 0.350 e. The normalized spacial score (nSPS) is 19.3. The summed E-state index contributed by atoms with van der Waals surface area (Å²) >= 11 is 0. The van der Waals surface area contributed by atoms with Crippen molar-refractivity contribution in [3.63, 3.8) is 0 Å². The molecule has 2 N–H and O–H groups in total. The fourth-order valence-corrected chi connectivity index (χ4v) is 5.87. The second-order valence-electron chi connectivity index (χ2n) is 9.81. The number of hydrogen-bond acceptors (Lipinski definition) is 3. The summed E-state index contributed by atoms with van der Waals surface area (Å²) in [6.07, 6.45) is 3.35. The molecule has 4 heterocycles. The molecule has 0 aliphatic carbocycles. The second kappa shape index (κ2) is 8.74. The first-order valence-electron chi connectivity index (χ1n) is 12.2. The number of carbonyl (C=O) groups excluding carboxylic acids is 1. The summed E-state index contributed by atoms with van der Waals surface area (Å²) in [4.78, 5) is 28.2. The summed E-state index contributed by atoms with van der Waals surface area (Å²) < 4.78 is 4.08. The summed E-state index contributed by atoms with van der Waals surface area (Å²) in [6.45, 7) is 3.50. The molecule has 2 aromatic heterocycles. The van der Waals surface area contributed by atoms with Crippen LogP contribution in [0.4, 0.5) is 16.2 Å². The summed E-state index contributed by atoms with van der Waals surface area (Å²) in [5, 5.41) is 6.83. The van der Waals surface area contributed by atoms with Crippen molar-refractivity contribution in [3.8, 4) is 0 Å². The molecule has 2 atom stereocenters. The number of hydrogen-bond donors (Lipinski definition) is 2. The second-order valence-corrected chi connectivity index (χ2v) is 9.81. The Morgan fingerprint density at radius 2 is 1.74 bits per heavy atom. The topological polar surface area (TPSA) is 71.3 Å². The number of nitrogens with one attached hydrogen (secondary N) is 2. The lowest BCUT2D eigenvalue weighted by molar-refractivity contribution is 0.115. The maximum absolute atomic E-state index is 13.3. The van der Waals surface area contributed by atoms with Crippen LogP contribution in [0, 0.1) is 5.92 Å². The highest BCUT2D eigenvalue weighted by Gasteiger charge is 2.35. The summed E-state index contributed by atoms with van der Waals surface area (Å²) in [5.74, 6) is 0.736. The number of rotatable bonds is 4. The lowest BCUT2D eigenvalue weighted by Crippen LogP contribution is -2.47. The SMILES string of the molecule is Cn1cc(CN2CC3CC(C2)c2ccc(NC(=O)Nc4ccccc4)c(=O)n2C3)c2ccccc21. The molecule has 2 aromatic carbocycles. The Morgan fingerprint density at radius 3 is 2.60 bits per heavy atom. The van der Waals surface area contributed by atoms with E-state index in [4.69, 9.17) is 0 Å². The number of urea groups is 1. The van der Waals surface area contributed by atoms with Crippen molar-refractivity contribution in [2.24, 2.45) is 13.0 Å². The van der Waals surface area contributed by atoms with Crippen LogP contribution in [0.5, 0.6) is 0 Å². The van der Waals surface area contributed by atoms with Crippen LogP contribution >= 0.6 is 0 Å². The third kappa shape index (κ3) is 4.12. The Labute approximate surface area is 204 Å². The molecule has 1 fully saturated rings.